The van der Waals surface area contributed by atoms with Crippen molar-refractivity contribution < 1.29 is 17.7 Å². The molecule has 7 heteroatoms. The Hall–Kier alpha value is -1.89. The molecule has 0 saturated carbocycles. The molecule has 1 aromatic carbocycles. The second-order valence-corrected chi connectivity index (χ2v) is 4.33. The molecule has 0 amide bonds. The van der Waals surface area contributed by atoms with E-state index in [9.17, 15) is 13.2 Å². The van der Waals surface area contributed by atoms with Gasteiger partial charge in [-0.15, -0.1) is 0 Å². The van der Waals surface area contributed by atoms with Gasteiger partial charge in [-0.3, -0.25) is 0 Å². The zero-order valence-corrected chi connectivity index (χ0v) is 10.9. The van der Waals surface area contributed by atoms with Crippen molar-refractivity contribution >= 4 is 0 Å². The van der Waals surface area contributed by atoms with Crippen LogP contribution in [0.15, 0.2) is 28.8 Å². The Morgan fingerprint density at radius 3 is 2.80 bits per heavy atom. The van der Waals surface area contributed by atoms with E-state index in [1.54, 1.807) is 6.07 Å². The first-order valence-corrected chi connectivity index (χ1v) is 6.11. The van der Waals surface area contributed by atoms with Crippen molar-refractivity contribution in [3.63, 3.8) is 0 Å². The van der Waals surface area contributed by atoms with Gasteiger partial charge in [0.1, 0.15) is 0 Å². The normalized spacial score (nSPS) is 11.8. The summed E-state index contributed by atoms with van der Waals surface area (Å²) < 4.78 is 42.8. The fourth-order valence-corrected chi connectivity index (χ4v) is 1.73. The Bertz CT molecular complexity index is 566. The van der Waals surface area contributed by atoms with Crippen LogP contribution < -0.4 is 5.32 Å². The van der Waals surface area contributed by atoms with Crippen molar-refractivity contribution in [1.29, 1.82) is 0 Å². The minimum absolute atomic E-state index is 0.191. The van der Waals surface area contributed by atoms with Gasteiger partial charge in [-0.05, 0) is 18.7 Å². The summed E-state index contributed by atoms with van der Waals surface area (Å²) in [5.74, 6) is 0.858. The molecule has 1 aromatic heterocycles. The summed E-state index contributed by atoms with van der Waals surface area (Å²) in [6.07, 6.45) is -3.54. The molecule has 0 spiro atoms. The van der Waals surface area contributed by atoms with E-state index in [0.717, 1.165) is 12.1 Å². The van der Waals surface area contributed by atoms with Gasteiger partial charge in [-0.2, -0.15) is 18.2 Å². The number of likely N-dealkylation sites (N-methyl/N-ethyl adjacent to an activating group) is 1. The molecule has 1 heterocycles. The Balaban J connectivity index is 2.08. The van der Waals surface area contributed by atoms with Crippen LogP contribution in [0.3, 0.4) is 0 Å². The summed E-state index contributed by atoms with van der Waals surface area (Å²) in [5, 5.41) is 6.73. The van der Waals surface area contributed by atoms with Gasteiger partial charge in [-0.25, -0.2) is 0 Å². The van der Waals surface area contributed by atoms with Crippen LogP contribution in [-0.4, -0.2) is 23.7 Å². The van der Waals surface area contributed by atoms with Gasteiger partial charge in [0.25, 0.3) is 0 Å². The monoisotopic (exact) mass is 285 g/mol. The zero-order valence-electron chi connectivity index (χ0n) is 10.9. The standard InChI is InChI=1S/C13H14F3N3O/c1-17-6-5-11-18-12(20-19-11)8-9-3-2-4-10(7-9)13(14,15)16/h2-4,7,17H,5-6,8H2,1H3. The maximum atomic E-state index is 12.6. The number of hydrogen-bond acceptors (Lipinski definition) is 4. The average molecular weight is 285 g/mol. The van der Waals surface area contributed by atoms with E-state index in [1.165, 1.54) is 6.07 Å². The topological polar surface area (TPSA) is 51.0 Å². The number of nitrogens with one attached hydrogen (secondary N) is 1. The fraction of sp³-hybridized carbons (Fsp3) is 0.385. The molecule has 0 atom stereocenters. The summed E-state index contributed by atoms with van der Waals surface area (Å²) in [6, 6.07) is 5.11. The van der Waals surface area contributed by atoms with E-state index in [-0.39, 0.29) is 6.42 Å². The third-order valence-electron chi connectivity index (χ3n) is 2.72. The van der Waals surface area contributed by atoms with Crippen molar-refractivity contribution in [2.45, 2.75) is 19.0 Å². The highest BCUT2D eigenvalue weighted by molar-refractivity contribution is 5.27. The number of halogens is 3. The first-order valence-electron chi connectivity index (χ1n) is 6.11. The van der Waals surface area contributed by atoms with Gasteiger partial charge >= 0.3 is 6.18 Å². The van der Waals surface area contributed by atoms with Crippen molar-refractivity contribution in [2.24, 2.45) is 0 Å². The minimum Gasteiger partial charge on any atom is -0.339 e. The molecule has 0 radical (unpaired) electrons. The van der Waals surface area contributed by atoms with E-state index in [1.807, 2.05) is 7.05 Å². The van der Waals surface area contributed by atoms with E-state index in [0.29, 0.717) is 30.2 Å². The third kappa shape index (κ3) is 3.80. The Morgan fingerprint density at radius 1 is 1.30 bits per heavy atom. The van der Waals surface area contributed by atoms with Crippen molar-refractivity contribution in [3.05, 3.63) is 47.1 Å². The van der Waals surface area contributed by atoms with Gasteiger partial charge in [0, 0.05) is 13.0 Å². The maximum Gasteiger partial charge on any atom is 0.416 e. The number of aromatic nitrogens is 2. The summed E-state index contributed by atoms with van der Waals surface area (Å²) in [6.45, 7) is 0.711. The molecule has 0 bridgehead atoms. The van der Waals surface area contributed by atoms with Crippen LogP contribution in [0.2, 0.25) is 0 Å². The highest BCUT2D eigenvalue weighted by Crippen LogP contribution is 2.29. The van der Waals surface area contributed by atoms with Gasteiger partial charge in [0.05, 0.1) is 12.0 Å². The molecule has 2 aromatic rings. The van der Waals surface area contributed by atoms with Crippen LogP contribution in [0.5, 0.6) is 0 Å². The molecule has 0 saturated heterocycles. The van der Waals surface area contributed by atoms with Crippen molar-refractivity contribution in [2.75, 3.05) is 13.6 Å². The molecule has 20 heavy (non-hydrogen) atoms. The number of nitrogens with zero attached hydrogens (tertiary/aromatic N) is 2. The lowest BCUT2D eigenvalue weighted by Crippen LogP contribution is -2.11. The molecule has 0 aliphatic heterocycles. The molecule has 4 nitrogen and oxygen atoms in total. The van der Waals surface area contributed by atoms with Gasteiger partial charge in [-0.1, -0.05) is 23.4 Å². The number of hydrogen-bond donors (Lipinski definition) is 1. The van der Waals surface area contributed by atoms with Crippen LogP contribution in [-0.2, 0) is 19.0 Å². The van der Waals surface area contributed by atoms with Crippen LogP contribution in [0.4, 0.5) is 13.2 Å². The van der Waals surface area contributed by atoms with Crippen molar-refractivity contribution in [1.82, 2.24) is 15.5 Å². The molecule has 1 N–H and O–H groups in total. The number of alkyl halides is 3. The first-order chi connectivity index (χ1) is 9.49. The lowest BCUT2D eigenvalue weighted by Gasteiger charge is -2.07. The molecule has 0 fully saturated rings. The summed E-state index contributed by atoms with van der Waals surface area (Å²) >= 11 is 0. The van der Waals surface area contributed by atoms with Crippen LogP contribution in [0, 0.1) is 0 Å². The quantitative estimate of drug-likeness (QED) is 0.916. The molecule has 108 valence electrons. The SMILES string of the molecule is CNCCc1noc(Cc2cccc(C(F)(F)F)c2)n1. The molecule has 2 rings (SSSR count). The number of rotatable bonds is 5. The summed E-state index contributed by atoms with van der Waals surface area (Å²) in [7, 11) is 1.81. The lowest BCUT2D eigenvalue weighted by atomic mass is 10.1. The largest absolute Gasteiger partial charge is 0.416 e. The average Bonchev–Trinajstić information content (AvgIpc) is 2.83. The fourth-order valence-electron chi connectivity index (χ4n) is 1.73. The Morgan fingerprint density at radius 2 is 2.10 bits per heavy atom. The molecule has 0 aliphatic rings. The van der Waals surface area contributed by atoms with E-state index < -0.39 is 11.7 Å². The predicted octanol–water partition coefficient (Wildman–Crippen LogP) is 2.44. The van der Waals surface area contributed by atoms with Gasteiger partial charge < -0.3 is 9.84 Å². The first kappa shape index (κ1) is 14.5. The Kier molecular flexibility index (Phi) is 4.39. The molecular formula is C13H14F3N3O. The minimum atomic E-state index is -4.34. The lowest BCUT2D eigenvalue weighted by molar-refractivity contribution is -0.137. The Labute approximate surface area is 114 Å². The summed E-state index contributed by atoms with van der Waals surface area (Å²) in [4.78, 5) is 4.14. The third-order valence-corrected chi connectivity index (χ3v) is 2.72. The number of benzene rings is 1. The van der Waals surface area contributed by atoms with E-state index >= 15 is 0 Å². The summed E-state index contributed by atoms with van der Waals surface area (Å²) in [5.41, 5.74) is -0.187. The molecule has 0 aliphatic carbocycles. The second-order valence-electron chi connectivity index (χ2n) is 4.33. The smallest absolute Gasteiger partial charge is 0.339 e. The highest BCUT2D eigenvalue weighted by Gasteiger charge is 2.30. The predicted molar refractivity (Wildman–Crippen MR) is 66.2 cm³/mol. The maximum absolute atomic E-state index is 12.6. The highest BCUT2D eigenvalue weighted by atomic mass is 19.4. The zero-order chi connectivity index (χ0) is 14.6. The van der Waals surface area contributed by atoms with Crippen LogP contribution in [0.1, 0.15) is 22.8 Å². The molecular weight excluding hydrogens is 271 g/mol. The van der Waals surface area contributed by atoms with Crippen molar-refractivity contribution in [3.8, 4) is 0 Å². The van der Waals surface area contributed by atoms with Crippen LogP contribution in [0.25, 0.3) is 0 Å². The van der Waals surface area contributed by atoms with Gasteiger partial charge in [0.2, 0.25) is 5.89 Å². The van der Waals surface area contributed by atoms with Gasteiger partial charge in [0.15, 0.2) is 5.82 Å². The van der Waals surface area contributed by atoms with E-state index in [4.69, 9.17) is 4.52 Å². The molecule has 0 unspecified atom stereocenters. The van der Waals surface area contributed by atoms with E-state index in [2.05, 4.69) is 15.5 Å². The second kappa shape index (κ2) is 6.04. The van der Waals surface area contributed by atoms with Crippen LogP contribution >= 0.6 is 0 Å².